The van der Waals surface area contributed by atoms with Crippen LogP contribution in [0.1, 0.15) is 26.7 Å². The Bertz CT molecular complexity index is 361. The number of anilines is 2. The predicted octanol–water partition coefficient (Wildman–Crippen LogP) is 2.41. The van der Waals surface area contributed by atoms with Crippen LogP contribution in [0.25, 0.3) is 0 Å². The van der Waals surface area contributed by atoms with Gasteiger partial charge >= 0.3 is 0 Å². The van der Waals surface area contributed by atoms with Gasteiger partial charge in [0, 0.05) is 37.1 Å². The summed E-state index contributed by atoms with van der Waals surface area (Å²) in [4.78, 5) is 6.83. The average Bonchev–Trinajstić information content (AvgIpc) is 2.91. The van der Waals surface area contributed by atoms with E-state index in [0.29, 0.717) is 6.04 Å². The van der Waals surface area contributed by atoms with Crippen molar-refractivity contribution in [3.05, 3.63) is 18.3 Å². The van der Waals surface area contributed by atoms with Gasteiger partial charge in [-0.25, -0.2) is 4.98 Å². The number of likely N-dealkylation sites (tertiary alicyclic amines) is 1. The molecule has 100 valence electrons. The first-order chi connectivity index (χ1) is 8.79. The molecule has 1 aliphatic heterocycles. The lowest BCUT2D eigenvalue weighted by atomic mass is 10.3. The Morgan fingerprint density at radius 2 is 2.11 bits per heavy atom. The van der Waals surface area contributed by atoms with Gasteiger partial charge < -0.3 is 10.6 Å². The molecule has 18 heavy (non-hydrogen) atoms. The standard InChI is InChI=1S/C14H24N4/c1-3-15-14-10-13(6-7-16-14)17-11-12(2)18-8-4-5-9-18/h6-7,10,12H,3-5,8-9,11H2,1-2H3,(H2,15,16,17). The second-order valence-corrected chi connectivity index (χ2v) is 4.93. The Balaban J connectivity index is 1.83. The smallest absolute Gasteiger partial charge is 0.127 e. The second kappa shape index (κ2) is 6.59. The monoisotopic (exact) mass is 248 g/mol. The van der Waals surface area contributed by atoms with Crippen LogP contribution in [-0.4, -0.2) is 42.1 Å². The minimum Gasteiger partial charge on any atom is -0.383 e. The Labute approximate surface area is 110 Å². The zero-order valence-corrected chi connectivity index (χ0v) is 11.4. The van der Waals surface area contributed by atoms with Crippen LogP contribution in [0.3, 0.4) is 0 Å². The number of hydrogen-bond acceptors (Lipinski definition) is 4. The van der Waals surface area contributed by atoms with E-state index in [2.05, 4.69) is 40.4 Å². The molecular formula is C14H24N4. The van der Waals surface area contributed by atoms with Gasteiger partial charge in [0.15, 0.2) is 0 Å². The van der Waals surface area contributed by atoms with Gasteiger partial charge in [0.25, 0.3) is 0 Å². The molecule has 1 unspecified atom stereocenters. The van der Waals surface area contributed by atoms with E-state index in [1.165, 1.54) is 25.9 Å². The highest BCUT2D eigenvalue weighted by molar-refractivity contribution is 5.51. The molecule has 0 saturated carbocycles. The van der Waals surface area contributed by atoms with Crippen molar-refractivity contribution in [1.82, 2.24) is 9.88 Å². The molecule has 2 N–H and O–H groups in total. The first kappa shape index (κ1) is 13.1. The van der Waals surface area contributed by atoms with Gasteiger partial charge in [-0.15, -0.1) is 0 Å². The third-order valence-electron chi connectivity index (χ3n) is 3.48. The van der Waals surface area contributed by atoms with E-state index in [9.17, 15) is 0 Å². The van der Waals surface area contributed by atoms with Crippen molar-refractivity contribution in [3.8, 4) is 0 Å². The molecule has 1 aromatic heterocycles. The van der Waals surface area contributed by atoms with Gasteiger partial charge in [-0.2, -0.15) is 0 Å². The zero-order chi connectivity index (χ0) is 12.8. The third kappa shape index (κ3) is 3.60. The van der Waals surface area contributed by atoms with Gasteiger partial charge in [-0.1, -0.05) is 0 Å². The molecule has 2 rings (SSSR count). The van der Waals surface area contributed by atoms with E-state index >= 15 is 0 Å². The van der Waals surface area contributed by atoms with E-state index in [-0.39, 0.29) is 0 Å². The first-order valence-corrected chi connectivity index (χ1v) is 6.97. The summed E-state index contributed by atoms with van der Waals surface area (Å²) in [5.41, 5.74) is 1.15. The van der Waals surface area contributed by atoms with Crippen LogP contribution in [0.5, 0.6) is 0 Å². The third-order valence-corrected chi connectivity index (χ3v) is 3.48. The molecule has 1 aliphatic rings. The van der Waals surface area contributed by atoms with Crippen LogP contribution >= 0.6 is 0 Å². The molecule has 4 heteroatoms. The van der Waals surface area contributed by atoms with Crippen molar-refractivity contribution < 1.29 is 0 Å². The summed E-state index contributed by atoms with van der Waals surface area (Å²) < 4.78 is 0. The summed E-state index contributed by atoms with van der Waals surface area (Å²) in [5.74, 6) is 0.941. The van der Waals surface area contributed by atoms with Gasteiger partial charge in [-0.3, -0.25) is 4.90 Å². The largest absolute Gasteiger partial charge is 0.383 e. The Kier molecular flexibility index (Phi) is 4.81. The molecule has 2 heterocycles. The van der Waals surface area contributed by atoms with Crippen LogP contribution in [0.15, 0.2) is 18.3 Å². The molecule has 0 bridgehead atoms. The minimum atomic E-state index is 0.600. The van der Waals surface area contributed by atoms with E-state index in [1.54, 1.807) is 0 Å². The molecule has 0 radical (unpaired) electrons. The van der Waals surface area contributed by atoms with E-state index in [1.807, 2.05) is 12.3 Å². The van der Waals surface area contributed by atoms with Gasteiger partial charge in [0.05, 0.1) is 0 Å². The number of aromatic nitrogens is 1. The fourth-order valence-corrected chi connectivity index (χ4v) is 2.40. The Morgan fingerprint density at radius 1 is 1.33 bits per heavy atom. The van der Waals surface area contributed by atoms with Crippen molar-refractivity contribution in [1.29, 1.82) is 0 Å². The number of nitrogens with one attached hydrogen (secondary N) is 2. The van der Waals surface area contributed by atoms with Crippen molar-refractivity contribution in [2.24, 2.45) is 0 Å². The fraction of sp³-hybridized carbons (Fsp3) is 0.643. The number of nitrogens with zero attached hydrogens (tertiary/aromatic N) is 2. The Morgan fingerprint density at radius 3 is 2.83 bits per heavy atom. The second-order valence-electron chi connectivity index (χ2n) is 4.93. The first-order valence-electron chi connectivity index (χ1n) is 6.97. The summed E-state index contributed by atoms with van der Waals surface area (Å²) in [7, 11) is 0. The highest BCUT2D eigenvalue weighted by Crippen LogP contribution is 2.14. The summed E-state index contributed by atoms with van der Waals surface area (Å²) in [6, 6.07) is 4.70. The molecular weight excluding hydrogens is 224 g/mol. The normalized spacial score (nSPS) is 17.7. The number of hydrogen-bond donors (Lipinski definition) is 2. The van der Waals surface area contributed by atoms with Crippen LogP contribution < -0.4 is 10.6 Å². The lowest BCUT2D eigenvalue weighted by molar-refractivity contribution is 0.269. The van der Waals surface area contributed by atoms with Crippen LogP contribution in [0.4, 0.5) is 11.5 Å². The quantitative estimate of drug-likeness (QED) is 0.811. The molecule has 1 aromatic rings. The highest BCUT2D eigenvalue weighted by atomic mass is 15.2. The van der Waals surface area contributed by atoms with Crippen molar-refractivity contribution in [2.75, 3.05) is 36.8 Å². The van der Waals surface area contributed by atoms with Gasteiger partial charge in [0.2, 0.25) is 0 Å². The number of pyridine rings is 1. The molecule has 0 aliphatic carbocycles. The Hall–Kier alpha value is -1.29. The average molecular weight is 248 g/mol. The summed E-state index contributed by atoms with van der Waals surface area (Å²) in [6.45, 7) is 8.78. The highest BCUT2D eigenvalue weighted by Gasteiger charge is 2.17. The molecule has 1 atom stereocenters. The van der Waals surface area contributed by atoms with Crippen LogP contribution in [-0.2, 0) is 0 Å². The van der Waals surface area contributed by atoms with Crippen molar-refractivity contribution >= 4 is 11.5 Å². The van der Waals surface area contributed by atoms with Gasteiger partial charge in [0.1, 0.15) is 5.82 Å². The molecule has 0 aromatic carbocycles. The fourth-order valence-electron chi connectivity index (χ4n) is 2.40. The van der Waals surface area contributed by atoms with E-state index in [4.69, 9.17) is 0 Å². The van der Waals surface area contributed by atoms with Crippen molar-refractivity contribution in [3.63, 3.8) is 0 Å². The lowest BCUT2D eigenvalue weighted by Crippen LogP contribution is -2.35. The van der Waals surface area contributed by atoms with Crippen molar-refractivity contribution in [2.45, 2.75) is 32.7 Å². The van der Waals surface area contributed by atoms with E-state index in [0.717, 1.165) is 24.6 Å². The maximum atomic E-state index is 4.27. The lowest BCUT2D eigenvalue weighted by Gasteiger charge is -2.24. The summed E-state index contributed by atoms with van der Waals surface area (Å²) >= 11 is 0. The van der Waals surface area contributed by atoms with E-state index < -0.39 is 0 Å². The molecule has 0 spiro atoms. The predicted molar refractivity (Wildman–Crippen MR) is 77.2 cm³/mol. The molecule has 4 nitrogen and oxygen atoms in total. The van der Waals surface area contributed by atoms with Gasteiger partial charge in [-0.05, 0) is 45.8 Å². The zero-order valence-electron chi connectivity index (χ0n) is 11.4. The minimum absolute atomic E-state index is 0.600. The summed E-state index contributed by atoms with van der Waals surface area (Å²) in [6.07, 6.45) is 4.55. The maximum Gasteiger partial charge on any atom is 0.127 e. The number of rotatable bonds is 6. The maximum absolute atomic E-state index is 4.27. The van der Waals surface area contributed by atoms with Crippen LogP contribution in [0.2, 0.25) is 0 Å². The molecule has 1 fully saturated rings. The topological polar surface area (TPSA) is 40.2 Å². The molecule has 0 amide bonds. The summed E-state index contributed by atoms with van der Waals surface area (Å²) in [5, 5.41) is 6.73. The van der Waals surface area contributed by atoms with Crippen LogP contribution in [0, 0.1) is 0 Å². The SMILES string of the molecule is CCNc1cc(NCC(C)N2CCCC2)ccn1. The molecule has 1 saturated heterocycles.